The maximum atomic E-state index is 12.2. The van der Waals surface area contributed by atoms with E-state index in [1.54, 1.807) is 4.90 Å². The molecule has 6 nitrogen and oxygen atoms in total. The lowest BCUT2D eigenvalue weighted by molar-refractivity contribution is -0.121. The van der Waals surface area contributed by atoms with Crippen LogP contribution in [0, 0.1) is 6.92 Å². The lowest BCUT2D eigenvalue weighted by atomic mass is 10.1. The van der Waals surface area contributed by atoms with Crippen LogP contribution in [0.3, 0.4) is 0 Å². The molecule has 0 saturated carbocycles. The Hall–Kier alpha value is -3.15. The lowest BCUT2D eigenvalue weighted by Crippen LogP contribution is -2.39. The molecule has 2 heterocycles. The van der Waals surface area contributed by atoms with Gasteiger partial charge in [-0.05, 0) is 43.2 Å². The molecule has 1 aromatic heterocycles. The van der Waals surface area contributed by atoms with Gasteiger partial charge in [0.1, 0.15) is 5.75 Å². The van der Waals surface area contributed by atoms with Crippen LogP contribution in [0.15, 0.2) is 47.0 Å². The Balaban J connectivity index is 1.72. The minimum absolute atomic E-state index is 0.0368. The standard InChI is InChI=1S/C20H19N3O3/c1-3-10-23-16-11-14(8-9-17(16)25-12-18(23)24)19-21-20(26-22-19)15-7-5-4-6-13(15)2/h4-9,11H,3,10,12H2,1-2H3. The number of rotatable bonds is 4. The minimum atomic E-state index is -0.0368. The van der Waals surface area contributed by atoms with Crippen molar-refractivity contribution in [3.05, 3.63) is 48.0 Å². The quantitative estimate of drug-likeness (QED) is 0.716. The molecule has 0 bridgehead atoms. The van der Waals surface area contributed by atoms with E-state index < -0.39 is 0 Å². The number of carbonyl (C=O) groups is 1. The molecule has 2 aromatic carbocycles. The van der Waals surface area contributed by atoms with Crippen LogP contribution in [0.5, 0.6) is 5.75 Å². The average molecular weight is 349 g/mol. The second kappa shape index (κ2) is 6.63. The maximum Gasteiger partial charge on any atom is 0.265 e. The summed E-state index contributed by atoms with van der Waals surface area (Å²) >= 11 is 0. The summed E-state index contributed by atoms with van der Waals surface area (Å²) < 4.78 is 11.0. The van der Waals surface area contributed by atoms with Crippen LogP contribution in [0.2, 0.25) is 0 Å². The van der Waals surface area contributed by atoms with E-state index in [9.17, 15) is 4.79 Å². The highest BCUT2D eigenvalue weighted by molar-refractivity contribution is 5.98. The number of benzene rings is 2. The molecule has 26 heavy (non-hydrogen) atoms. The lowest BCUT2D eigenvalue weighted by Gasteiger charge is -2.29. The number of carbonyl (C=O) groups excluding carboxylic acids is 1. The van der Waals surface area contributed by atoms with Crippen molar-refractivity contribution in [2.24, 2.45) is 0 Å². The van der Waals surface area contributed by atoms with Crippen LogP contribution >= 0.6 is 0 Å². The Bertz CT molecular complexity index is 964. The maximum absolute atomic E-state index is 12.2. The first kappa shape index (κ1) is 16.3. The van der Waals surface area contributed by atoms with E-state index in [-0.39, 0.29) is 12.5 Å². The van der Waals surface area contributed by atoms with Gasteiger partial charge in [-0.2, -0.15) is 4.98 Å². The van der Waals surface area contributed by atoms with Crippen molar-refractivity contribution in [2.45, 2.75) is 20.3 Å². The zero-order chi connectivity index (χ0) is 18.1. The number of hydrogen-bond donors (Lipinski definition) is 0. The van der Waals surface area contributed by atoms with E-state index in [1.807, 2.05) is 56.3 Å². The number of nitrogens with zero attached hydrogens (tertiary/aromatic N) is 3. The minimum Gasteiger partial charge on any atom is -0.482 e. The predicted molar refractivity (Wildman–Crippen MR) is 98.0 cm³/mol. The Morgan fingerprint density at radius 2 is 2.04 bits per heavy atom. The van der Waals surface area contributed by atoms with E-state index in [4.69, 9.17) is 9.26 Å². The van der Waals surface area contributed by atoms with E-state index in [1.165, 1.54) is 0 Å². The summed E-state index contributed by atoms with van der Waals surface area (Å²) in [5, 5.41) is 4.11. The van der Waals surface area contributed by atoms with Gasteiger partial charge in [-0.3, -0.25) is 4.79 Å². The molecule has 1 aliphatic rings. The topological polar surface area (TPSA) is 68.5 Å². The second-order valence-corrected chi connectivity index (χ2v) is 6.25. The van der Waals surface area contributed by atoms with Crippen LogP contribution in [-0.4, -0.2) is 29.2 Å². The van der Waals surface area contributed by atoms with E-state index in [0.29, 0.717) is 24.0 Å². The molecule has 0 saturated heterocycles. The van der Waals surface area contributed by atoms with Crippen LogP contribution in [0.4, 0.5) is 5.69 Å². The second-order valence-electron chi connectivity index (χ2n) is 6.25. The number of aromatic nitrogens is 2. The third kappa shape index (κ3) is 2.83. The summed E-state index contributed by atoms with van der Waals surface area (Å²) in [6.45, 7) is 4.77. The van der Waals surface area contributed by atoms with Gasteiger partial charge in [-0.1, -0.05) is 30.3 Å². The molecule has 0 unspecified atom stereocenters. The van der Waals surface area contributed by atoms with Crippen LogP contribution in [0.25, 0.3) is 22.8 Å². The summed E-state index contributed by atoms with van der Waals surface area (Å²) in [5.41, 5.74) is 3.52. The van der Waals surface area contributed by atoms with Crippen molar-refractivity contribution in [1.82, 2.24) is 10.1 Å². The molecule has 3 aromatic rings. The Morgan fingerprint density at radius 1 is 1.19 bits per heavy atom. The fourth-order valence-corrected chi connectivity index (χ4v) is 3.07. The molecular formula is C20H19N3O3. The van der Waals surface area contributed by atoms with Crippen molar-refractivity contribution >= 4 is 11.6 Å². The van der Waals surface area contributed by atoms with Gasteiger partial charge >= 0.3 is 0 Å². The summed E-state index contributed by atoms with van der Waals surface area (Å²) in [5.74, 6) is 1.63. The number of amides is 1. The van der Waals surface area contributed by atoms with Gasteiger partial charge in [-0.25, -0.2) is 0 Å². The third-order valence-electron chi connectivity index (χ3n) is 4.41. The number of aryl methyl sites for hydroxylation is 1. The zero-order valence-corrected chi connectivity index (χ0v) is 14.7. The van der Waals surface area contributed by atoms with Crippen molar-refractivity contribution in [2.75, 3.05) is 18.1 Å². The van der Waals surface area contributed by atoms with Gasteiger partial charge in [0.2, 0.25) is 5.82 Å². The van der Waals surface area contributed by atoms with Crippen LogP contribution < -0.4 is 9.64 Å². The normalized spacial score (nSPS) is 13.5. The first-order chi connectivity index (χ1) is 12.7. The molecular weight excluding hydrogens is 330 g/mol. The summed E-state index contributed by atoms with van der Waals surface area (Å²) in [7, 11) is 0. The molecule has 4 rings (SSSR count). The Kier molecular flexibility index (Phi) is 4.16. The summed E-state index contributed by atoms with van der Waals surface area (Å²) in [6, 6.07) is 13.5. The van der Waals surface area contributed by atoms with Crippen molar-refractivity contribution in [3.8, 4) is 28.6 Å². The van der Waals surface area contributed by atoms with Crippen LogP contribution in [0.1, 0.15) is 18.9 Å². The van der Waals surface area contributed by atoms with Crippen molar-refractivity contribution in [3.63, 3.8) is 0 Å². The van der Waals surface area contributed by atoms with E-state index >= 15 is 0 Å². The van der Waals surface area contributed by atoms with E-state index in [0.717, 1.165) is 28.8 Å². The molecule has 0 spiro atoms. The number of fused-ring (bicyclic) bond motifs is 1. The Morgan fingerprint density at radius 3 is 2.85 bits per heavy atom. The highest BCUT2D eigenvalue weighted by Gasteiger charge is 2.26. The highest BCUT2D eigenvalue weighted by Crippen LogP contribution is 2.36. The largest absolute Gasteiger partial charge is 0.482 e. The number of anilines is 1. The van der Waals surface area contributed by atoms with Gasteiger partial charge in [-0.15, -0.1) is 0 Å². The molecule has 1 aliphatic heterocycles. The molecule has 1 amide bonds. The SMILES string of the molecule is CCCN1C(=O)COc2ccc(-c3noc(-c4ccccc4C)n3)cc21. The highest BCUT2D eigenvalue weighted by atomic mass is 16.5. The van der Waals surface area contributed by atoms with Crippen molar-refractivity contribution in [1.29, 1.82) is 0 Å². The fraction of sp³-hybridized carbons (Fsp3) is 0.250. The summed E-state index contributed by atoms with van der Waals surface area (Å²) in [6.07, 6.45) is 0.870. The van der Waals surface area contributed by atoms with Crippen molar-refractivity contribution < 1.29 is 14.1 Å². The van der Waals surface area contributed by atoms with Gasteiger partial charge in [0.15, 0.2) is 6.61 Å². The number of hydrogen-bond acceptors (Lipinski definition) is 5. The fourth-order valence-electron chi connectivity index (χ4n) is 3.07. The Labute approximate surface area is 151 Å². The van der Waals surface area contributed by atoms with Gasteiger partial charge in [0.05, 0.1) is 5.69 Å². The average Bonchev–Trinajstić information content (AvgIpc) is 3.14. The number of ether oxygens (including phenoxy) is 1. The summed E-state index contributed by atoms with van der Waals surface area (Å²) in [4.78, 5) is 18.5. The first-order valence-electron chi connectivity index (χ1n) is 8.64. The zero-order valence-electron chi connectivity index (χ0n) is 14.7. The molecule has 0 radical (unpaired) electrons. The van der Waals surface area contributed by atoms with Crippen LogP contribution in [-0.2, 0) is 4.79 Å². The molecule has 0 fully saturated rings. The molecule has 0 aliphatic carbocycles. The smallest absolute Gasteiger partial charge is 0.265 e. The molecule has 132 valence electrons. The monoisotopic (exact) mass is 349 g/mol. The first-order valence-corrected chi connectivity index (χ1v) is 8.64. The van der Waals surface area contributed by atoms with Gasteiger partial charge in [0, 0.05) is 17.7 Å². The third-order valence-corrected chi connectivity index (χ3v) is 4.41. The molecule has 0 atom stereocenters. The van der Waals surface area contributed by atoms with Gasteiger partial charge < -0.3 is 14.2 Å². The molecule has 0 N–H and O–H groups in total. The molecule has 6 heteroatoms. The predicted octanol–water partition coefficient (Wildman–Crippen LogP) is 3.85. The van der Waals surface area contributed by atoms with Gasteiger partial charge in [0.25, 0.3) is 11.8 Å². The van der Waals surface area contributed by atoms with E-state index in [2.05, 4.69) is 10.1 Å².